The third-order valence-electron chi connectivity index (χ3n) is 3.99. The Bertz CT molecular complexity index is 508. The summed E-state index contributed by atoms with van der Waals surface area (Å²) in [6.45, 7) is 3.94. The van der Waals surface area contributed by atoms with Crippen molar-refractivity contribution in [3.8, 4) is 0 Å². The standard InChI is InChI=1S/C16H23N3O2/c1-12-5-3-4-6-14(12)18-15(20)11-19-9-7-13(8-10-19)16(21)17-2/h3-6,13H,7-11H2,1-2H3,(H,17,21)(H,18,20). The molecule has 5 heteroatoms. The average molecular weight is 289 g/mol. The molecule has 5 nitrogen and oxygen atoms in total. The third kappa shape index (κ3) is 4.29. The molecule has 1 saturated heterocycles. The van der Waals surface area contributed by atoms with E-state index in [0.29, 0.717) is 6.54 Å². The highest BCUT2D eigenvalue weighted by atomic mass is 16.2. The second-order valence-corrected chi connectivity index (χ2v) is 5.53. The molecule has 2 N–H and O–H groups in total. The van der Waals surface area contributed by atoms with Crippen molar-refractivity contribution in [2.75, 3.05) is 32.0 Å². The summed E-state index contributed by atoms with van der Waals surface area (Å²) in [7, 11) is 1.67. The molecule has 0 radical (unpaired) electrons. The number of piperidine rings is 1. The molecule has 2 rings (SSSR count). The summed E-state index contributed by atoms with van der Waals surface area (Å²) in [4.78, 5) is 25.7. The first-order chi connectivity index (χ1) is 10.1. The minimum absolute atomic E-state index is 0.00249. The second-order valence-electron chi connectivity index (χ2n) is 5.53. The number of hydrogen-bond donors (Lipinski definition) is 2. The SMILES string of the molecule is CNC(=O)C1CCN(CC(=O)Nc2ccccc2C)CC1. The van der Waals surface area contributed by atoms with E-state index in [4.69, 9.17) is 0 Å². The van der Waals surface area contributed by atoms with Crippen LogP contribution in [0.1, 0.15) is 18.4 Å². The van der Waals surface area contributed by atoms with Crippen LogP contribution in [0.25, 0.3) is 0 Å². The molecule has 0 atom stereocenters. The van der Waals surface area contributed by atoms with E-state index in [1.807, 2.05) is 31.2 Å². The molecule has 21 heavy (non-hydrogen) atoms. The molecule has 0 unspecified atom stereocenters. The topological polar surface area (TPSA) is 61.4 Å². The molecule has 0 spiro atoms. The van der Waals surface area contributed by atoms with Crippen LogP contribution in [0.15, 0.2) is 24.3 Å². The number of nitrogens with zero attached hydrogens (tertiary/aromatic N) is 1. The number of hydrogen-bond acceptors (Lipinski definition) is 3. The van der Waals surface area contributed by atoms with Crippen LogP contribution < -0.4 is 10.6 Å². The first kappa shape index (κ1) is 15.5. The van der Waals surface area contributed by atoms with E-state index in [0.717, 1.165) is 37.2 Å². The molecular weight excluding hydrogens is 266 g/mol. The van der Waals surface area contributed by atoms with Gasteiger partial charge in [-0.25, -0.2) is 0 Å². The maximum Gasteiger partial charge on any atom is 0.238 e. The Kier molecular flexibility index (Phi) is 5.33. The van der Waals surface area contributed by atoms with Gasteiger partial charge >= 0.3 is 0 Å². The van der Waals surface area contributed by atoms with Gasteiger partial charge in [0.1, 0.15) is 0 Å². The first-order valence-electron chi connectivity index (χ1n) is 7.39. The average Bonchev–Trinajstić information content (AvgIpc) is 2.49. The van der Waals surface area contributed by atoms with E-state index >= 15 is 0 Å². The largest absolute Gasteiger partial charge is 0.359 e. The van der Waals surface area contributed by atoms with E-state index in [-0.39, 0.29) is 17.7 Å². The third-order valence-corrected chi connectivity index (χ3v) is 3.99. The highest BCUT2D eigenvalue weighted by Crippen LogP contribution is 2.17. The predicted octanol–water partition coefficient (Wildman–Crippen LogP) is 1.39. The summed E-state index contributed by atoms with van der Waals surface area (Å²) >= 11 is 0. The molecule has 0 aromatic heterocycles. The zero-order chi connectivity index (χ0) is 15.2. The summed E-state index contributed by atoms with van der Waals surface area (Å²) in [6, 6.07) is 7.75. The van der Waals surface area contributed by atoms with Gasteiger partial charge < -0.3 is 10.6 Å². The number of aryl methyl sites for hydroxylation is 1. The van der Waals surface area contributed by atoms with Crippen molar-refractivity contribution in [1.29, 1.82) is 0 Å². The minimum atomic E-state index is 0.00249. The summed E-state index contributed by atoms with van der Waals surface area (Å²) in [6.07, 6.45) is 1.63. The molecule has 0 bridgehead atoms. The Hall–Kier alpha value is -1.88. The lowest BCUT2D eigenvalue weighted by Gasteiger charge is -2.30. The molecule has 1 fully saturated rings. The molecule has 1 aromatic carbocycles. The van der Waals surface area contributed by atoms with Gasteiger partial charge in [-0.2, -0.15) is 0 Å². The minimum Gasteiger partial charge on any atom is -0.359 e. The van der Waals surface area contributed by atoms with Gasteiger partial charge in [0.05, 0.1) is 6.54 Å². The summed E-state index contributed by atoms with van der Waals surface area (Å²) in [5.41, 5.74) is 1.92. The van der Waals surface area contributed by atoms with Crippen LogP contribution in [-0.2, 0) is 9.59 Å². The van der Waals surface area contributed by atoms with Crippen LogP contribution in [-0.4, -0.2) is 43.4 Å². The van der Waals surface area contributed by atoms with E-state index < -0.39 is 0 Å². The van der Waals surface area contributed by atoms with Crippen molar-refractivity contribution in [2.45, 2.75) is 19.8 Å². The van der Waals surface area contributed by atoms with Crippen molar-refractivity contribution in [1.82, 2.24) is 10.2 Å². The van der Waals surface area contributed by atoms with Crippen LogP contribution in [0.3, 0.4) is 0 Å². The molecule has 0 aliphatic carbocycles. The van der Waals surface area contributed by atoms with Gasteiger partial charge in [-0.1, -0.05) is 18.2 Å². The van der Waals surface area contributed by atoms with Crippen LogP contribution in [0, 0.1) is 12.8 Å². The number of benzene rings is 1. The van der Waals surface area contributed by atoms with E-state index in [1.54, 1.807) is 7.05 Å². The predicted molar refractivity (Wildman–Crippen MR) is 83.0 cm³/mol. The lowest BCUT2D eigenvalue weighted by atomic mass is 9.96. The number of carbonyl (C=O) groups excluding carboxylic acids is 2. The fourth-order valence-electron chi connectivity index (χ4n) is 2.66. The number of amides is 2. The molecule has 0 saturated carbocycles. The van der Waals surface area contributed by atoms with Crippen molar-refractivity contribution in [3.05, 3.63) is 29.8 Å². The lowest BCUT2D eigenvalue weighted by molar-refractivity contribution is -0.126. The first-order valence-corrected chi connectivity index (χ1v) is 7.39. The fraction of sp³-hybridized carbons (Fsp3) is 0.500. The number of nitrogens with one attached hydrogen (secondary N) is 2. The quantitative estimate of drug-likeness (QED) is 0.880. The van der Waals surface area contributed by atoms with Crippen molar-refractivity contribution >= 4 is 17.5 Å². The summed E-state index contributed by atoms with van der Waals surface area (Å²) < 4.78 is 0. The van der Waals surface area contributed by atoms with Gasteiger partial charge in [-0.15, -0.1) is 0 Å². The van der Waals surface area contributed by atoms with Gasteiger partial charge in [-0.3, -0.25) is 14.5 Å². The smallest absolute Gasteiger partial charge is 0.238 e. The summed E-state index contributed by atoms with van der Waals surface area (Å²) in [5, 5.41) is 5.64. The number of para-hydroxylation sites is 1. The Morgan fingerprint density at radius 2 is 1.90 bits per heavy atom. The number of anilines is 1. The van der Waals surface area contributed by atoms with Gasteiger partial charge in [0.2, 0.25) is 11.8 Å². The monoisotopic (exact) mass is 289 g/mol. The Morgan fingerprint density at radius 1 is 1.24 bits per heavy atom. The Morgan fingerprint density at radius 3 is 2.52 bits per heavy atom. The fourth-order valence-corrected chi connectivity index (χ4v) is 2.66. The van der Waals surface area contributed by atoms with Crippen molar-refractivity contribution in [3.63, 3.8) is 0 Å². The van der Waals surface area contributed by atoms with Gasteiger partial charge in [-0.05, 0) is 44.5 Å². The molecule has 1 aromatic rings. The number of likely N-dealkylation sites (tertiary alicyclic amines) is 1. The Labute approximate surface area is 125 Å². The molecule has 1 aliphatic rings. The van der Waals surface area contributed by atoms with E-state index in [1.165, 1.54) is 0 Å². The molecule has 114 valence electrons. The van der Waals surface area contributed by atoms with Crippen LogP contribution >= 0.6 is 0 Å². The van der Waals surface area contributed by atoms with Gasteiger partial charge in [0.15, 0.2) is 0 Å². The molecular formula is C16H23N3O2. The lowest BCUT2D eigenvalue weighted by Crippen LogP contribution is -2.42. The zero-order valence-corrected chi connectivity index (χ0v) is 12.7. The Balaban J connectivity index is 1.80. The van der Waals surface area contributed by atoms with Gasteiger partial charge in [0, 0.05) is 18.7 Å². The van der Waals surface area contributed by atoms with E-state index in [2.05, 4.69) is 15.5 Å². The van der Waals surface area contributed by atoms with Crippen LogP contribution in [0.2, 0.25) is 0 Å². The highest BCUT2D eigenvalue weighted by molar-refractivity contribution is 5.92. The number of carbonyl (C=O) groups is 2. The highest BCUT2D eigenvalue weighted by Gasteiger charge is 2.25. The van der Waals surface area contributed by atoms with Crippen molar-refractivity contribution < 1.29 is 9.59 Å². The maximum absolute atomic E-state index is 12.1. The van der Waals surface area contributed by atoms with Gasteiger partial charge in [0.25, 0.3) is 0 Å². The summed E-state index contributed by atoms with van der Waals surface area (Å²) in [5.74, 6) is 0.201. The van der Waals surface area contributed by atoms with E-state index in [9.17, 15) is 9.59 Å². The van der Waals surface area contributed by atoms with Crippen LogP contribution in [0.5, 0.6) is 0 Å². The molecule has 1 aliphatic heterocycles. The maximum atomic E-state index is 12.1. The number of rotatable bonds is 4. The normalized spacial score (nSPS) is 16.5. The zero-order valence-electron chi connectivity index (χ0n) is 12.7. The van der Waals surface area contributed by atoms with Crippen LogP contribution in [0.4, 0.5) is 5.69 Å². The van der Waals surface area contributed by atoms with Crippen molar-refractivity contribution in [2.24, 2.45) is 5.92 Å². The molecule has 2 amide bonds. The molecule has 1 heterocycles. The second kappa shape index (κ2) is 7.22.